The second kappa shape index (κ2) is 13.4. The number of hydrogen-bond donors (Lipinski definition) is 2. The Morgan fingerprint density at radius 2 is 1.92 bits per heavy atom. The number of nitrogens with zero attached hydrogens (tertiary/aromatic N) is 2. The van der Waals surface area contributed by atoms with Crippen molar-refractivity contribution in [1.82, 2.24) is 9.80 Å². The zero-order chi connectivity index (χ0) is 28.1. The Bertz CT molecular complexity index is 1170. The molecule has 1 fully saturated rings. The fourth-order valence-electron chi connectivity index (χ4n) is 5.48. The van der Waals surface area contributed by atoms with Gasteiger partial charge >= 0.3 is 0 Å². The number of hydrogen-bond acceptors (Lipinski definition) is 5. The van der Waals surface area contributed by atoms with E-state index in [1.54, 1.807) is 29.2 Å². The molecule has 7 nitrogen and oxygen atoms in total. The first-order valence-corrected chi connectivity index (χ1v) is 14.6. The number of anilines is 1. The van der Waals surface area contributed by atoms with Gasteiger partial charge in [-0.3, -0.25) is 14.5 Å². The molecule has 2 N–H and O–H groups in total. The van der Waals surface area contributed by atoms with Crippen LogP contribution in [0.5, 0.6) is 5.75 Å². The number of rotatable bonds is 8. The summed E-state index contributed by atoms with van der Waals surface area (Å²) in [5.41, 5.74) is 1.93. The maximum absolute atomic E-state index is 13.7. The number of aliphatic hydroxyl groups is 1. The zero-order valence-corrected chi connectivity index (χ0v) is 24.5. The van der Waals surface area contributed by atoms with Crippen LogP contribution in [-0.2, 0) is 11.3 Å². The topological polar surface area (TPSA) is 82.1 Å². The highest BCUT2D eigenvalue weighted by Gasteiger charge is 2.35. The molecule has 0 radical (unpaired) electrons. The number of ether oxygens (including phenoxy) is 1. The van der Waals surface area contributed by atoms with E-state index in [0.717, 1.165) is 37.7 Å². The number of carbonyl (C=O) groups excluding carboxylic acids is 2. The Hall–Kier alpha value is -2.32. The minimum atomic E-state index is -0.360. The lowest BCUT2D eigenvalue weighted by Crippen LogP contribution is -2.49. The summed E-state index contributed by atoms with van der Waals surface area (Å²) < 4.78 is 6.64. The Morgan fingerprint density at radius 3 is 2.62 bits per heavy atom. The molecule has 2 aromatic rings. The fourth-order valence-corrected chi connectivity index (χ4v) is 5.80. The summed E-state index contributed by atoms with van der Waals surface area (Å²) in [4.78, 5) is 30.7. The average Bonchev–Trinajstić information content (AvgIpc) is 2.93. The van der Waals surface area contributed by atoms with Crippen LogP contribution in [0.2, 0.25) is 10.0 Å². The van der Waals surface area contributed by atoms with Gasteiger partial charge in [-0.2, -0.15) is 0 Å². The number of para-hydroxylation sites is 1. The molecule has 1 saturated carbocycles. The number of benzene rings is 2. The van der Waals surface area contributed by atoms with Crippen molar-refractivity contribution >= 4 is 40.7 Å². The maximum atomic E-state index is 13.7. The number of aliphatic hydroxyl groups excluding tert-OH is 1. The van der Waals surface area contributed by atoms with Gasteiger partial charge in [-0.1, -0.05) is 61.5 Å². The van der Waals surface area contributed by atoms with E-state index in [1.807, 2.05) is 26.1 Å². The van der Waals surface area contributed by atoms with Crippen molar-refractivity contribution in [2.75, 3.05) is 32.1 Å². The molecular weight excluding hydrogens is 537 g/mol. The van der Waals surface area contributed by atoms with Gasteiger partial charge in [0.1, 0.15) is 6.10 Å². The lowest BCUT2D eigenvalue weighted by molar-refractivity contribution is -0.120. The molecule has 1 aliphatic carbocycles. The van der Waals surface area contributed by atoms with Crippen LogP contribution >= 0.6 is 23.2 Å². The normalized spacial score (nSPS) is 21.1. The van der Waals surface area contributed by atoms with Crippen molar-refractivity contribution < 1.29 is 19.4 Å². The van der Waals surface area contributed by atoms with Crippen molar-refractivity contribution in [3.63, 3.8) is 0 Å². The average molecular weight is 577 g/mol. The van der Waals surface area contributed by atoms with Crippen LogP contribution < -0.4 is 10.1 Å². The summed E-state index contributed by atoms with van der Waals surface area (Å²) in [6, 6.07) is 10.5. The van der Waals surface area contributed by atoms with Crippen LogP contribution in [0.15, 0.2) is 36.4 Å². The molecular formula is C30H39Cl2N3O4. The predicted molar refractivity (Wildman–Crippen MR) is 156 cm³/mol. The summed E-state index contributed by atoms with van der Waals surface area (Å²) in [5.74, 6) is 0.0745. The third-order valence-corrected chi connectivity index (χ3v) is 8.59. The third kappa shape index (κ3) is 7.26. The summed E-state index contributed by atoms with van der Waals surface area (Å²) in [6.07, 6.45) is 4.74. The summed E-state index contributed by atoms with van der Waals surface area (Å²) in [6.45, 7) is 5.38. The molecule has 0 saturated heterocycles. The standard InChI is InChI=1S/C30H39Cl2N3O4/c1-19-15-35(20(2)18-36)30(38)23-10-7-11-26(33-29(37)22-8-5-4-6-9-22)28(23)39-27(19)17-34(3)16-21-12-13-24(31)25(32)14-21/h7,10-14,19-20,22,27,36H,4-6,8-9,15-18H2,1-3H3,(H,33,37)/t19-,20+,27+/m1/s1. The molecule has 1 heterocycles. The molecule has 0 unspecified atom stereocenters. The highest BCUT2D eigenvalue weighted by atomic mass is 35.5. The summed E-state index contributed by atoms with van der Waals surface area (Å²) in [5, 5.41) is 14.0. The quantitative estimate of drug-likeness (QED) is 0.411. The number of likely N-dealkylation sites (N-methyl/N-ethyl adjacent to an activating group) is 1. The molecule has 3 atom stereocenters. The van der Waals surface area contributed by atoms with E-state index in [2.05, 4.69) is 17.1 Å². The molecule has 2 aliphatic rings. The lowest BCUT2D eigenvalue weighted by atomic mass is 9.88. The number of nitrogens with one attached hydrogen (secondary N) is 1. The summed E-state index contributed by atoms with van der Waals surface area (Å²) in [7, 11) is 2.01. The maximum Gasteiger partial charge on any atom is 0.258 e. The molecule has 0 spiro atoms. The smallest absolute Gasteiger partial charge is 0.258 e. The molecule has 4 rings (SSSR count). The number of carbonyl (C=O) groups is 2. The number of halogens is 2. The van der Waals surface area contributed by atoms with Gasteiger partial charge in [0.25, 0.3) is 5.91 Å². The second-order valence-corrected chi connectivity index (χ2v) is 11.9. The minimum Gasteiger partial charge on any atom is -0.486 e. The van der Waals surface area contributed by atoms with E-state index in [1.165, 1.54) is 0 Å². The van der Waals surface area contributed by atoms with E-state index < -0.39 is 0 Å². The van der Waals surface area contributed by atoms with E-state index in [4.69, 9.17) is 27.9 Å². The molecule has 0 aromatic heterocycles. The van der Waals surface area contributed by atoms with Crippen LogP contribution in [0.25, 0.3) is 0 Å². The van der Waals surface area contributed by atoms with Crippen LogP contribution in [0.1, 0.15) is 61.9 Å². The van der Waals surface area contributed by atoms with Gasteiger partial charge in [0.15, 0.2) is 5.75 Å². The monoisotopic (exact) mass is 575 g/mol. The first-order valence-electron chi connectivity index (χ1n) is 13.8. The molecule has 2 amide bonds. The van der Waals surface area contributed by atoms with Gasteiger partial charge < -0.3 is 20.1 Å². The van der Waals surface area contributed by atoms with Gasteiger partial charge in [0.2, 0.25) is 5.91 Å². The Morgan fingerprint density at radius 1 is 1.18 bits per heavy atom. The molecule has 212 valence electrons. The van der Waals surface area contributed by atoms with E-state index in [-0.39, 0.29) is 42.4 Å². The molecule has 9 heteroatoms. The molecule has 2 aromatic carbocycles. The van der Waals surface area contributed by atoms with Crippen molar-refractivity contribution in [2.24, 2.45) is 11.8 Å². The Balaban J connectivity index is 1.63. The van der Waals surface area contributed by atoms with Crippen LogP contribution in [0, 0.1) is 11.8 Å². The van der Waals surface area contributed by atoms with Crippen LogP contribution in [-0.4, -0.2) is 65.6 Å². The second-order valence-electron chi connectivity index (χ2n) is 11.1. The van der Waals surface area contributed by atoms with Crippen molar-refractivity contribution in [2.45, 2.75) is 64.6 Å². The first-order chi connectivity index (χ1) is 18.7. The Kier molecular flexibility index (Phi) is 10.2. The van der Waals surface area contributed by atoms with Crippen molar-refractivity contribution in [1.29, 1.82) is 0 Å². The number of amides is 2. The van der Waals surface area contributed by atoms with Crippen LogP contribution in [0.3, 0.4) is 0 Å². The van der Waals surface area contributed by atoms with Crippen molar-refractivity contribution in [3.05, 3.63) is 57.6 Å². The van der Waals surface area contributed by atoms with Crippen LogP contribution in [0.4, 0.5) is 5.69 Å². The largest absolute Gasteiger partial charge is 0.486 e. The third-order valence-electron chi connectivity index (χ3n) is 7.85. The molecule has 39 heavy (non-hydrogen) atoms. The van der Waals surface area contributed by atoms with Gasteiger partial charge in [-0.25, -0.2) is 0 Å². The van der Waals surface area contributed by atoms with Gasteiger partial charge in [0.05, 0.1) is 33.9 Å². The Labute approximate surface area is 241 Å². The summed E-state index contributed by atoms with van der Waals surface area (Å²) >= 11 is 12.3. The van der Waals surface area contributed by atoms with Gasteiger partial charge in [0, 0.05) is 31.5 Å². The number of fused-ring (bicyclic) bond motifs is 1. The van der Waals surface area contributed by atoms with Gasteiger partial charge in [-0.15, -0.1) is 0 Å². The highest BCUT2D eigenvalue weighted by molar-refractivity contribution is 6.42. The van der Waals surface area contributed by atoms with Gasteiger partial charge in [-0.05, 0) is 56.6 Å². The zero-order valence-electron chi connectivity index (χ0n) is 23.0. The van der Waals surface area contributed by atoms with E-state index in [0.29, 0.717) is 46.7 Å². The predicted octanol–water partition coefficient (Wildman–Crippen LogP) is 5.86. The lowest BCUT2D eigenvalue weighted by Gasteiger charge is -2.38. The SMILES string of the molecule is C[C@@H]1CN([C@@H](C)CO)C(=O)c2cccc(NC(=O)C3CCCCC3)c2O[C@H]1CN(C)Cc1ccc(Cl)c(Cl)c1. The minimum absolute atomic E-state index is 0.0249. The van der Waals surface area contributed by atoms with Crippen molar-refractivity contribution in [3.8, 4) is 5.75 Å². The fraction of sp³-hybridized carbons (Fsp3) is 0.533. The first kappa shape index (κ1) is 29.7. The molecule has 1 aliphatic heterocycles. The molecule has 0 bridgehead atoms. The van der Waals surface area contributed by atoms with E-state index >= 15 is 0 Å². The highest BCUT2D eigenvalue weighted by Crippen LogP contribution is 2.36. The van der Waals surface area contributed by atoms with E-state index in [9.17, 15) is 14.7 Å².